The quantitative estimate of drug-likeness (QED) is 0.891. The fourth-order valence-corrected chi connectivity index (χ4v) is 2.30. The van der Waals surface area contributed by atoms with Crippen molar-refractivity contribution in [3.8, 4) is 0 Å². The van der Waals surface area contributed by atoms with Crippen molar-refractivity contribution in [2.24, 2.45) is 0 Å². The SMILES string of the molecule is c1ccc(CCc2noc(C3CCNC3)n2)cc1. The van der Waals surface area contributed by atoms with Crippen molar-refractivity contribution in [3.63, 3.8) is 0 Å². The predicted molar refractivity (Wildman–Crippen MR) is 68.4 cm³/mol. The van der Waals surface area contributed by atoms with E-state index in [1.165, 1.54) is 5.56 Å². The van der Waals surface area contributed by atoms with E-state index in [1.54, 1.807) is 0 Å². The summed E-state index contributed by atoms with van der Waals surface area (Å²) in [6.45, 7) is 2.01. The van der Waals surface area contributed by atoms with Gasteiger partial charge in [-0.1, -0.05) is 35.5 Å². The molecule has 0 aliphatic carbocycles. The second-order valence-corrected chi connectivity index (χ2v) is 4.72. The molecule has 0 bridgehead atoms. The van der Waals surface area contributed by atoms with E-state index in [1.807, 2.05) is 6.07 Å². The highest BCUT2D eigenvalue weighted by Gasteiger charge is 2.22. The van der Waals surface area contributed by atoms with Gasteiger partial charge in [0.2, 0.25) is 5.89 Å². The van der Waals surface area contributed by atoms with Crippen LogP contribution in [-0.4, -0.2) is 23.2 Å². The van der Waals surface area contributed by atoms with Crippen molar-refractivity contribution >= 4 is 0 Å². The zero-order valence-corrected chi connectivity index (χ0v) is 10.3. The van der Waals surface area contributed by atoms with Gasteiger partial charge < -0.3 is 9.84 Å². The minimum atomic E-state index is 0.406. The topological polar surface area (TPSA) is 51.0 Å². The number of hydrogen-bond acceptors (Lipinski definition) is 4. The van der Waals surface area contributed by atoms with Crippen molar-refractivity contribution in [2.45, 2.75) is 25.2 Å². The highest BCUT2D eigenvalue weighted by molar-refractivity contribution is 5.15. The maximum atomic E-state index is 5.34. The summed E-state index contributed by atoms with van der Waals surface area (Å²) in [7, 11) is 0. The Kier molecular flexibility index (Phi) is 3.37. The van der Waals surface area contributed by atoms with Crippen molar-refractivity contribution in [1.82, 2.24) is 15.5 Å². The Morgan fingerprint density at radius 1 is 1.22 bits per heavy atom. The van der Waals surface area contributed by atoms with Crippen LogP contribution in [0.2, 0.25) is 0 Å². The molecule has 2 aromatic rings. The number of aromatic nitrogens is 2. The second kappa shape index (κ2) is 5.31. The number of nitrogens with zero attached hydrogens (tertiary/aromatic N) is 2. The fourth-order valence-electron chi connectivity index (χ4n) is 2.30. The summed E-state index contributed by atoms with van der Waals surface area (Å²) >= 11 is 0. The Morgan fingerprint density at radius 3 is 2.89 bits per heavy atom. The summed E-state index contributed by atoms with van der Waals surface area (Å²) < 4.78 is 5.34. The van der Waals surface area contributed by atoms with E-state index in [2.05, 4.69) is 39.7 Å². The lowest BCUT2D eigenvalue weighted by Crippen LogP contribution is -2.08. The molecule has 1 aromatic heterocycles. The first kappa shape index (κ1) is 11.4. The highest BCUT2D eigenvalue weighted by Crippen LogP contribution is 2.20. The monoisotopic (exact) mass is 243 g/mol. The van der Waals surface area contributed by atoms with E-state index in [9.17, 15) is 0 Å². The number of benzene rings is 1. The molecule has 1 saturated heterocycles. The molecular weight excluding hydrogens is 226 g/mol. The largest absolute Gasteiger partial charge is 0.339 e. The smallest absolute Gasteiger partial charge is 0.231 e. The van der Waals surface area contributed by atoms with Crippen LogP contribution in [0.1, 0.15) is 29.6 Å². The third kappa shape index (κ3) is 2.59. The standard InChI is InChI=1S/C14H17N3O/c1-2-4-11(5-3-1)6-7-13-16-14(18-17-13)12-8-9-15-10-12/h1-5,12,15H,6-10H2. The molecule has 4 heteroatoms. The van der Waals surface area contributed by atoms with Gasteiger partial charge in [-0.15, -0.1) is 0 Å². The Balaban J connectivity index is 1.60. The van der Waals surface area contributed by atoms with E-state index in [0.29, 0.717) is 5.92 Å². The molecular formula is C14H17N3O. The lowest BCUT2D eigenvalue weighted by atomic mass is 10.1. The predicted octanol–water partition coefficient (Wildman–Crippen LogP) is 1.93. The van der Waals surface area contributed by atoms with Gasteiger partial charge in [0.15, 0.2) is 5.82 Å². The molecule has 3 rings (SSSR count). The van der Waals surface area contributed by atoms with Crippen molar-refractivity contribution in [1.29, 1.82) is 0 Å². The molecule has 1 N–H and O–H groups in total. The van der Waals surface area contributed by atoms with Gasteiger partial charge in [0.25, 0.3) is 0 Å². The first-order valence-electron chi connectivity index (χ1n) is 6.49. The first-order valence-corrected chi connectivity index (χ1v) is 6.49. The van der Waals surface area contributed by atoms with E-state index in [-0.39, 0.29) is 0 Å². The van der Waals surface area contributed by atoms with Crippen molar-refractivity contribution in [2.75, 3.05) is 13.1 Å². The Hall–Kier alpha value is -1.68. The molecule has 1 aliphatic heterocycles. The van der Waals surface area contributed by atoms with Gasteiger partial charge in [0, 0.05) is 13.0 Å². The molecule has 1 aromatic carbocycles. The van der Waals surface area contributed by atoms with Gasteiger partial charge in [-0.05, 0) is 24.9 Å². The fraction of sp³-hybridized carbons (Fsp3) is 0.429. The number of nitrogens with one attached hydrogen (secondary N) is 1. The molecule has 1 aliphatic rings. The van der Waals surface area contributed by atoms with Gasteiger partial charge in [-0.2, -0.15) is 4.98 Å². The Bertz CT molecular complexity index is 489. The summed E-state index contributed by atoms with van der Waals surface area (Å²) in [5.74, 6) is 2.02. The summed E-state index contributed by atoms with van der Waals surface area (Å²) in [6.07, 6.45) is 2.90. The summed E-state index contributed by atoms with van der Waals surface area (Å²) in [6, 6.07) is 10.4. The van der Waals surface area contributed by atoms with Gasteiger partial charge >= 0.3 is 0 Å². The Labute approximate surface area is 106 Å². The molecule has 1 unspecified atom stereocenters. The third-order valence-corrected chi connectivity index (χ3v) is 3.37. The Morgan fingerprint density at radius 2 is 2.11 bits per heavy atom. The maximum Gasteiger partial charge on any atom is 0.231 e. The van der Waals surface area contributed by atoms with Crippen LogP contribution in [0.15, 0.2) is 34.9 Å². The first-order chi connectivity index (χ1) is 8.92. The van der Waals surface area contributed by atoms with Gasteiger partial charge in [0.05, 0.1) is 5.92 Å². The zero-order chi connectivity index (χ0) is 12.2. The van der Waals surface area contributed by atoms with Gasteiger partial charge in [0.1, 0.15) is 0 Å². The number of rotatable bonds is 4. The molecule has 4 nitrogen and oxygen atoms in total. The lowest BCUT2D eigenvalue weighted by Gasteiger charge is -1.99. The molecule has 94 valence electrons. The van der Waals surface area contributed by atoms with Crippen LogP contribution in [0.4, 0.5) is 0 Å². The molecule has 1 atom stereocenters. The van der Waals surface area contributed by atoms with Gasteiger partial charge in [-0.3, -0.25) is 0 Å². The van der Waals surface area contributed by atoms with E-state index < -0.39 is 0 Å². The van der Waals surface area contributed by atoms with Crippen molar-refractivity contribution in [3.05, 3.63) is 47.6 Å². The summed E-state index contributed by atoms with van der Waals surface area (Å²) in [5.41, 5.74) is 1.31. The number of hydrogen-bond donors (Lipinski definition) is 1. The van der Waals surface area contributed by atoms with E-state index in [4.69, 9.17) is 4.52 Å². The van der Waals surface area contributed by atoms with Crippen LogP contribution in [-0.2, 0) is 12.8 Å². The lowest BCUT2D eigenvalue weighted by molar-refractivity contribution is 0.354. The average Bonchev–Trinajstić information content (AvgIpc) is 3.08. The van der Waals surface area contributed by atoms with E-state index >= 15 is 0 Å². The molecule has 0 saturated carbocycles. The van der Waals surface area contributed by atoms with Crippen LogP contribution in [0, 0.1) is 0 Å². The summed E-state index contributed by atoms with van der Waals surface area (Å²) in [4.78, 5) is 4.49. The van der Waals surface area contributed by atoms with Crippen LogP contribution in [0.25, 0.3) is 0 Å². The van der Waals surface area contributed by atoms with Crippen LogP contribution >= 0.6 is 0 Å². The maximum absolute atomic E-state index is 5.34. The molecule has 0 amide bonds. The molecule has 18 heavy (non-hydrogen) atoms. The molecule has 0 spiro atoms. The van der Waals surface area contributed by atoms with Crippen molar-refractivity contribution < 1.29 is 4.52 Å². The molecule has 2 heterocycles. The zero-order valence-electron chi connectivity index (χ0n) is 10.3. The highest BCUT2D eigenvalue weighted by atomic mass is 16.5. The molecule has 1 fully saturated rings. The van der Waals surface area contributed by atoms with Crippen LogP contribution in [0.5, 0.6) is 0 Å². The minimum absolute atomic E-state index is 0.406. The van der Waals surface area contributed by atoms with Gasteiger partial charge in [-0.25, -0.2) is 0 Å². The number of aryl methyl sites for hydroxylation is 2. The van der Waals surface area contributed by atoms with Crippen LogP contribution in [0.3, 0.4) is 0 Å². The average molecular weight is 243 g/mol. The summed E-state index contributed by atoms with van der Waals surface area (Å²) in [5, 5.41) is 7.37. The second-order valence-electron chi connectivity index (χ2n) is 4.72. The minimum Gasteiger partial charge on any atom is -0.339 e. The third-order valence-electron chi connectivity index (χ3n) is 3.37. The van der Waals surface area contributed by atoms with Crippen LogP contribution < -0.4 is 5.32 Å². The molecule has 0 radical (unpaired) electrons. The normalized spacial score (nSPS) is 19.2. The van der Waals surface area contributed by atoms with E-state index in [0.717, 1.165) is 44.1 Å².